The fourth-order valence-corrected chi connectivity index (χ4v) is 4.29. The minimum atomic E-state index is -0.244. The summed E-state index contributed by atoms with van der Waals surface area (Å²) in [5.74, 6) is -0.244. The van der Waals surface area contributed by atoms with E-state index in [4.69, 9.17) is 9.72 Å². The average Bonchev–Trinajstić information content (AvgIpc) is 3.37. The highest BCUT2D eigenvalue weighted by Crippen LogP contribution is 2.33. The number of H-pyrrole nitrogens is 1. The number of aromatic amines is 1. The van der Waals surface area contributed by atoms with E-state index in [0.29, 0.717) is 6.54 Å². The lowest BCUT2D eigenvalue weighted by Gasteiger charge is -2.15. The van der Waals surface area contributed by atoms with E-state index < -0.39 is 0 Å². The van der Waals surface area contributed by atoms with E-state index in [-0.39, 0.29) is 12.5 Å². The van der Waals surface area contributed by atoms with E-state index in [1.165, 1.54) is 7.11 Å². The van der Waals surface area contributed by atoms with E-state index in [1.54, 1.807) is 0 Å². The molecule has 1 aromatic carbocycles. The van der Waals surface area contributed by atoms with E-state index in [9.17, 15) is 4.79 Å². The normalized spacial score (nSPS) is 11.2. The van der Waals surface area contributed by atoms with Gasteiger partial charge in [-0.15, -0.1) is 0 Å². The molecule has 0 amide bonds. The summed E-state index contributed by atoms with van der Waals surface area (Å²) >= 11 is 0. The lowest BCUT2D eigenvalue weighted by molar-refractivity contribution is -0.141. The molecule has 36 heavy (non-hydrogen) atoms. The topological polar surface area (TPSA) is 84.0 Å². The summed E-state index contributed by atoms with van der Waals surface area (Å²) in [5.41, 5.74) is 8.70. The molecule has 0 aliphatic rings. The van der Waals surface area contributed by atoms with Crippen molar-refractivity contribution < 1.29 is 9.53 Å². The molecule has 0 fully saturated rings. The lowest BCUT2D eigenvalue weighted by Crippen LogP contribution is -2.26. The van der Waals surface area contributed by atoms with Gasteiger partial charge in [0, 0.05) is 47.3 Å². The second-order valence-electron chi connectivity index (χ2n) is 8.87. The number of carbonyl (C=O) groups excluding carboxylic acids is 1. The average molecular weight is 478 g/mol. The van der Waals surface area contributed by atoms with Crippen molar-refractivity contribution in [1.82, 2.24) is 24.8 Å². The number of ether oxygens (including phenoxy) is 1. The van der Waals surface area contributed by atoms with E-state index >= 15 is 0 Å². The van der Waals surface area contributed by atoms with E-state index in [1.807, 2.05) is 61.7 Å². The molecule has 4 heterocycles. The van der Waals surface area contributed by atoms with Crippen molar-refractivity contribution in [3.05, 3.63) is 90.5 Å². The highest BCUT2D eigenvalue weighted by atomic mass is 16.5. The van der Waals surface area contributed by atoms with Gasteiger partial charge in [-0.05, 0) is 61.0 Å². The summed E-state index contributed by atoms with van der Waals surface area (Å²) in [6, 6.07) is 20.6. The predicted molar refractivity (Wildman–Crippen MR) is 141 cm³/mol. The first kappa shape index (κ1) is 23.4. The SMILES string of the molecule is COC(=O)CN(C)Cc1ccc(-c2cncc(-c3cc(-c4cccc(C)n4)nc4[nH]ccc34)c2)cc1. The van der Waals surface area contributed by atoms with Crippen molar-refractivity contribution in [2.24, 2.45) is 0 Å². The summed E-state index contributed by atoms with van der Waals surface area (Å²) in [7, 11) is 3.30. The van der Waals surface area contributed by atoms with Crippen LogP contribution in [0.3, 0.4) is 0 Å². The summed E-state index contributed by atoms with van der Waals surface area (Å²) < 4.78 is 4.75. The Balaban J connectivity index is 1.46. The Labute approximate surface area is 209 Å². The first-order valence-corrected chi connectivity index (χ1v) is 11.7. The molecule has 0 spiro atoms. The maximum absolute atomic E-state index is 11.5. The largest absolute Gasteiger partial charge is 0.468 e. The van der Waals surface area contributed by atoms with Crippen LogP contribution in [-0.2, 0) is 16.1 Å². The van der Waals surface area contributed by atoms with Gasteiger partial charge in [-0.1, -0.05) is 30.3 Å². The molecule has 1 N–H and O–H groups in total. The molecule has 0 radical (unpaired) electrons. The van der Waals surface area contributed by atoms with Crippen molar-refractivity contribution in [1.29, 1.82) is 0 Å². The van der Waals surface area contributed by atoms with Gasteiger partial charge < -0.3 is 9.72 Å². The fourth-order valence-electron chi connectivity index (χ4n) is 4.29. The minimum Gasteiger partial charge on any atom is -0.468 e. The molecule has 5 aromatic rings. The molecule has 0 aliphatic carbocycles. The predicted octanol–water partition coefficient (Wildman–Crippen LogP) is 5.27. The Hall–Kier alpha value is -4.36. The van der Waals surface area contributed by atoms with Crippen LogP contribution in [0.25, 0.3) is 44.7 Å². The number of esters is 1. The van der Waals surface area contributed by atoms with Crippen LogP contribution >= 0.6 is 0 Å². The molecule has 0 unspecified atom stereocenters. The quantitative estimate of drug-likeness (QED) is 0.322. The standard InChI is InChI=1S/C29H27N5O2/c1-19-5-4-6-26(32-19)27-14-25(24-11-12-31-29(24)33-27)23-13-22(15-30-16-23)21-9-7-20(8-10-21)17-34(2)18-28(35)36-3/h4-16H,17-18H2,1-3H3,(H,31,33). The van der Waals surface area contributed by atoms with Crippen molar-refractivity contribution in [3.8, 4) is 33.6 Å². The van der Waals surface area contributed by atoms with Crippen LogP contribution in [0.2, 0.25) is 0 Å². The molecule has 0 saturated carbocycles. The number of carbonyl (C=O) groups is 1. The number of likely N-dealkylation sites (N-methyl/N-ethyl adjacent to an activating group) is 1. The third-order valence-corrected chi connectivity index (χ3v) is 6.10. The van der Waals surface area contributed by atoms with Gasteiger partial charge in [0.15, 0.2) is 0 Å². The summed E-state index contributed by atoms with van der Waals surface area (Å²) in [6.07, 6.45) is 5.66. The van der Waals surface area contributed by atoms with E-state index in [2.05, 4.69) is 51.4 Å². The molecule has 4 aromatic heterocycles. The number of rotatable bonds is 7. The van der Waals surface area contributed by atoms with Gasteiger partial charge in [0.2, 0.25) is 0 Å². The van der Waals surface area contributed by atoms with Crippen LogP contribution in [0, 0.1) is 6.92 Å². The van der Waals surface area contributed by atoms with Gasteiger partial charge in [0.05, 0.1) is 25.0 Å². The number of nitrogens with one attached hydrogen (secondary N) is 1. The number of hydrogen-bond donors (Lipinski definition) is 1. The second kappa shape index (κ2) is 10.1. The van der Waals surface area contributed by atoms with Crippen molar-refractivity contribution in [3.63, 3.8) is 0 Å². The number of fused-ring (bicyclic) bond motifs is 1. The Morgan fingerprint density at radius 3 is 2.53 bits per heavy atom. The number of aromatic nitrogens is 4. The van der Waals surface area contributed by atoms with Gasteiger partial charge in [-0.2, -0.15) is 0 Å². The fraction of sp³-hybridized carbons (Fsp3) is 0.172. The lowest BCUT2D eigenvalue weighted by atomic mass is 9.99. The molecule has 0 bridgehead atoms. The molecular weight excluding hydrogens is 450 g/mol. The summed E-state index contributed by atoms with van der Waals surface area (Å²) in [5, 5.41) is 1.04. The first-order chi connectivity index (χ1) is 17.5. The van der Waals surface area contributed by atoms with Crippen molar-refractivity contribution in [2.75, 3.05) is 20.7 Å². The number of benzene rings is 1. The third kappa shape index (κ3) is 5.01. The van der Waals surface area contributed by atoms with Crippen LogP contribution in [0.4, 0.5) is 0 Å². The summed E-state index contributed by atoms with van der Waals surface area (Å²) in [6.45, 7) is 2.89. The van der Waals surface area contributed by atoms with Crippen molar-refractivity contribution in [2.45, 2.75) is 13.5 Å². The number of pyridine rings is 3. The molecule has 7 nitrogen and oxygen atoms in total. The van der Waals surface area contributed by atoms with Gasteiger partial charge in [-0.25, -0.2) is 4.98 Å². The zero-order valence-electron chi connectivity index (χ0n) is 20.5. The number of nitrogens with zero attached hydrogens (tertiary/aromatic N) is 4. The van der Waals surface area contributed by atoms with Crippen LogP contribution in [0.5, 0.6) is 0 Å². The molecule has 180 valence electrons. The number of methoxy groups -OCH3 is 1. The number of aryl methyl sites for hydroxylation is 1. The van der Waals surface area contributed by atoms with Crippen LogP contribution in [0.15, 0.2) is 79.3 Å². The zero-order chi connectivity index (χ0) is 25.1. The maximum Gasteiger partial charge on any atom is 0.319 e. The molecule has 7 heteroatoms. The second-order valence-corrected chi connectivity index (χ2v) is 8.87. The van der Waals surface area contributed by atoms with Gasteiger partial charge in [0.1, 0.15) is 5.65 Å². The highest BCUT2D eigenvalue weighted by molar-refractivity contribution is 5.95. The van der Waals surface area contributed by atoms with Crippen LogP contribution in [0.1, 0.15) is 11.3 Å². The Bertz CT molecular complexity index is 1520. The highest BCUT2D eigenvalue weighted by Gasteiger charge is 2.13. The molecule has 0 aliphatic heterocycles. The van der Waals surface area contributed by atoms with Crippen molar-refractivity contribution >= 4 is 17.0 Å². The smallest absolute Gasteiger partial charge is 0.319 e. The Morgan fingerprint density at radius 2 is 1.75 bits per heavy atom. The molecule has 5 rings (SSSR count). The van der Waals surface area contributed by atoms with Crippen LogP contribution < -0.4 is 0 Å². The minimum absolute atomic E-state index is 0.244. The Morgan fingerprint density at radius 1 is 0.944 bits per heavy atom. The zero-order valence-corrected chi connectivity index (χ0v) is 20.5. The molecule has 0 saturated heterocycles. The molecule has 0 atom stereocenters. The first-order valence-electron chi connectivity index (χ1n) is 11.7. The molecular formula is C29H27N5O2. The monoisotopic (exact) mass is 477 g/mol. The van der Waals surface area contributed by atoms with Gasteiger partial charge >= 0.3 is 5.97 Å². The Kier molecular flexibility index (Phi) is 6.56. The van der Waals surface area contributed by atoms with Gasteiger partial charge in [-0.3, -0.25) is 19.7 Å². The summed E-state index contributed by atoms with van der Waals surface area (Å²) in [4.78, 5) is 30.7. The van der Waals surface area contributed by atoms with Gasteiger partial charge in [0.25, 0.3) is 0 Å². The number of hydrogen-bond acceptors (Lipinski definition) is 6. The van der Waals surface area contributed by atoms with Crippen LogP contribution in [-0.4, -0.2) is 51.5 Å². The maximum atomic E-state index is 11.5. The van der Waals surface area contributed by atoms with E-state index in [0.717, 1.165) is 55.9 Å². The third-order valence-electron chi connectivity index (χ3n) is 6.10.